The fourth-order valence-electron chi connectivity index (χ4n) is 2.14. The molecule has 0 aromatic heterocycles. The average Bonchev–Trinajstić information content (AvgIpc) is 2.62. The molecule has 0 aliphatic carbocycles. The number of anilines is 1. The van der Waals surface area contributed by atoms with Gasteiger partial charge in [-0.2, -0.15) is 0 Å². The van der Waals surface area contributed by atoms with Crippen molar-refractivity contribution in [3.63, 3.8) is 0 Å². The van der Waals surface area contributed by atoms with Crippen LogP contribution in [0.4, 0.5) is 5.69 Å². The van der Waals surface area contributed by atoms with Crippen LogP contribution in [-0.4, -0.2) is 30.5 Å². The van der Waals surface area contributed by atoms with Crippen LogP contribution in [0.5, 0.6) is 5.75 Å². The number of sulfonamides is 2. The molecule has 0 amide bonds. The van der Waals surface area contributed by atoms with Crippen LogP contribution < -0.4 is 14.2 Å². The van der Waals surface area contributed by atoms with Gasteiger partial charge >= 0.3 is 0 Å². The molecule has 2 rings (SSSR count). The second-order valence-corrected chi connectivity index (χ2v) is 9.01. The number of unbranched alkanes of at least 4 members (excludes halogenated alkanes) is 1. The Morgan fingerprint density at radius 1 is 0.846 bits per heavy atom. The van der Waals surface area contributed by atoms with Crippen molar-refractivity contribution >= 4 is 25.7 Å². The van der Waals surface area contributed by atoms with Gasteiger partial charge in [-0.25, -0.2) is 21.6 Å². The largest absolute Gasteiger partial charge is 0.497 e. The van der Waals surface area contributed by atoms with Gasteiger partial charge in [0.2, 0.25) is 10.0 Å². The SMILES string of the molecule is CCCCNS(=O)(=O)c1ccc(NS(=O)(=O)c2ccc(OC)cc2)cc1. The molecule has 0 unspecified atom stereocenters. The molecule has 2 aromatic carbocycles. The third-order valence-electron chi connectivity index (χ3n) is 3.61. The normalized spacial score (nSPS) is 11.9. The summed E-state index contributed by atoms with van der Waals surface area (Å²) in [5, 5.41) is 0. The summed E-state index contributed by atoms with van der Waals surface area (Å²) in [6.45, 7) is 2.34. The minimum Gasteiger partial charge on any atom is -0.497 e. The minimum absolute atomic E-state index is 0.0798. The Labute approximate surface area is 154 Å². The van der Waals surface area contributed by atoms with Crippen molar-refractivity contribution in [3.05, 3.63) is 48.5 Å². The molecule has 7 nitrogen and oxygen atoms in total. The first-order valence-corrected chi connectivity index (χ1v) is 11.0. The standard InChI is InChI=1S/C17H22N2O5S2/c1-3-4-13-18-25(20,21)16-9-5-14(6-10-16)19-26(22,23)17-11-7-15(24-2)8-12-17/h5-12,18-19H,3-4,13H2,1-2H3. The van der Waals surface area contributed by atoms with E-state index in [1.165, 1.54) is 43.5 Å². The lowest BCUT2D eigenvalue weighted by Crippen LogP contribution is -2.24. The third kappa shape index (κ3) is 5.20. The van der Waals surface area contributed by atoms with Crippen LogP contribution in [0.25, 0.3) is 0 Å². The van der Waals surface area contributed by atoms with E-state index in [4.69, 9.17) is 4.74 Å². The van der Waals surface area contributed by atoms with Crippen LogP contribution in [0, 0.1) is 0 Å². The van der Waals surface area contributed by atoms with Gasteiger partial charge in [0.15, 0.2) is 0 Å². The van der Waals surface area contributed by atoms with E-state index in [9.17, 15) is 16.8 Å². The predicted octanol–water partition coefficient (Wildman–Crippen LogP) is 2.57. The number of ether oxygens (including phenoxy) is 1. The fourth-order valence-corrected chi connectivity index (χ4v) is 4.27. The first kappa shape index (κ1) is 20.2. The Hall–Kier alpha value is -2.10. The van der Waals surface area contributed by atoms with Crippen LogP contribution in [0.3, 0.4) is 0 Å². The summed E-state index contributed by atoms with van der Waals surface area (Å²) in [5.41, 5.74) is 0.272. The predicted molar refractivity (Wildman–Crippen MR) is 100 cm³/mol. The van der Waals surface area contributed by atoms with Crippen molar-refractivity contribution in [3.8, 4) is 5.75 Å². The highest BCUT2D eigenvalue weighted by atomic mass is 32.2. The molecule has 142 valence electrons. The van der Waals surface area contributed by atoms with E-state index < -0.39 is 20.0 Å². The molecule has 0 fully saturated rings. The molecule has 0 saturated heterocycles. The lowest BCUT2D eigenvalue weighted by Gasteiger charge is -2.10. The Morgan fingerprint density at radius 2 is 1.38 bits per heavy atom. The van der Waals surface area contributed by atoms with E-state index >= 15 is 0 Å². The van der Waals surface area contributed by atoms with E-state index in [-0.39, 0.29) is 15.5 Å². The number of hydrogen-bond donors (Lipinski definition) is 2. The lowest BCUT2D eigenvalue weighted by molar-refractivity contribution is 0.414. The zero-order chi connectivity index (χ0) is 19.2. The molecule has 0 radical (unpaired) electrons. The molecule has 26 heavy (non-hydrogen) atoms. The van der Waals surface area contributed by atoms with Crippen LogP contribution in [0.1, 0.15) is 19.8 Å². The summed E-state index contributed by atoms with van der Waals surface area (Å²) in [5.74, 6) is 0.550. The van der Waals surface area contributed by atoms with Gasteiger partial charge < -0.3 is 4.74 Å². The molecule has 0 spiro atoms. The second kappa shape index (κ2) is 8.52. The molecule has 9 heteroatoms. The molecule has 0 saturated carbocycles. The number of methoxy groups -OCH3 is 1. The molecule has 0 bridgehead atoms. The summed E-state index contributed by atoms with van der Waals surface area (Å²) in [4.78, 5) is 0.164. The average molecular weight is 399 g/mol. The minimum atomic E-state index is -3.77. The Balaban J connectivity index is 2.12. The number of benzene rings is 2. The monoisotopic (exact) mass is 398 g/mol. The molecule has 0 heterocycles. The molecule has 2 aromatic rings. The Morgan fingerprint density at radius 3 is 1.92 bits per heavy atom. The molecule has 0 aliphatic rings. The summed E-state index contributed by atoms with van der Waals surface area (Å²) >= 11 is 0. The first-order valence-electron chi connectivity index (χ1n) is 8.05. The highest BCUT2D eigenvalue weighted by Crippen LogP contribution is 2.20. The second-order valence-electron chi connectivity index (χ2n) is 5.56. The molecular formula is C17H22N2O5S2. The van der Waals surface area contributed by atoms with Gasteiger partial charge in [-0.15, -0.1) is 0 Å². The van der Waals surface area contributed by atoms with Gasteiger partial charge in [0, 0.05) is 12.2 Å². The van der Waals surface area contributed by atoms with Crippen LogP contribution in [0.2, 0.25) is 0 Å². The summed E-state index contributed by atoms with van der Waals surface area (Å²) in [7, 11) is -5.87. The summed E-state index contributed by atoms with van der Waals surface area (Å²) in [6.07, 6.45) is 1.63. The zero-order valence-electron chi connectivity index (χ0n) is 14.6. The van der Waals surface area contributed by atoms with Crippen LogP contribution >= 0.6 is 0 Å². The number of hydrogen-bond acceptors (Lipinski definition) is 5. The first-order chi connectivity index (χ1) is 12.3. The van der Waals surface area contributed by atoms with Gasteiger partial charge in [-0.3, -0.25) is 4.72 Å². The van der Waals surface area contributed by atoms with Gasteiger partial charge in [0.05, 0.1) is 16.9 Å². The van der Waals surface area contributed by atoms with E-state index in [1.54, 1.807) is 12.1 Å². The third-order valence-corrected chi connectivity index (χ3v) is 6.48. The Bertz CT molecular complexity index is 922. The molecule has 0 atom stereocenters. The number of nitrogens with one attached hydrogen (secondary N) is 2. The van der Waals surface area contributed by atoms with Gasteiger partial charge in [-0.1, -0.05) is 13.3 Å². The zero-order valence-corrected chi connectivity index (χ0v) is 16.2. The van der Waals surface area contributed by atoms with E-state index in [1.807, 2.05) is 6.92 Å². The Kier molecular flexibility index (Phi) is 6.63. The maximum atomic E-state index is 12.4. The maximum absolute atomic E-state index is 12.4. The quantitative estimate of drug-likeness (QED) is 0.632. The summed E-state index contributed by atoms with van der Waals surface area (Å²) in [6, 6.07) is 11.5. The van der Waals surface area contributed by atoms with Gasteiger partial charge in [0.25, 0.3) is 10.0 Å². The molecule has 0 aliphatic heterocycles. The van der Waals surface area contributed by atoms with Crippen molar-refractivity contribution in [2.24, 2.45) is 0 Å². The highest BCUT2D eigenvalue weighted by molar-refractivity contribution is 7.92. The smallest absolute Gasteiger partial charge is 0.261 e. The highest BCUT2D eigenvalue weighted by Gasteiger charge is 2.16. The van der Waals surface area contributed by atoms with Gasteiger partial charge in [0.1, 0.15) is 5.75 Å². The van der Waals surface area contributed by atoms with E-state index in [0.717, 1.165) is 12.8 Å². The molecule has 2 N–H and O–H groups in total. The number of rotatable bonds is 9. The van der Waals surface area contributed by atoms with Crippen molar-refractivity contribution in [1.82, 2.24) is 4.72 Å². The van der Waals surface area contributed by atoms with Crippen molar-refractivity contribution in [2.45, 2.75) is 29.6 Å². The van der Waals surface area contributed by atoms with Crippen molar-refractivity contribution in [2.75, 3.05) is 18.4 Å². The van der Waals surface area contributed by atoms with Crippen LogP contribution in [0.15, 0.2) is 58.3 Å². The van der Waals surface area contributed by atoms with Crippen molar-refractivity contribution < 1.29 is 21.6 Å². The van der Waals surface area contributed by atoms with E-state index in [2.05, 4.69) is 9.44 Å². The summed E-state index contributed by atoms with van der Waals surface area (Å²) < 4.78 is 58.9. The maximum Gasteiger partial charge on any atom is 0.261 e. The van der Waals surface area contributed by atoms with Gasteiger partial charge in [-0.05, 0) is 55.0 Å². The van der Waals surface area contributed by atoms with Crippen LogP contribution in [-0.2, 0) is 20.0 Å². The topological polar surface area (TPSA) is 102 Å². The molecular weight excluding hydrogens is 376 g/mol. The fraction of sp³-hybridized carbons (Fsp3) is 0.294. The van der Waals surface area contributed by atoms with E-state index in [0.29, 0.717) is 12.3 Å². The van der Waals surface area contributed by atoms with Crippen molar-refractivity contribution in [1.29, 1.82) is 0 Å². The lowest BCUT2D eigenvalue weighted by atomic mass is 10.3.